The molecule has 0 unspecified atom stereocenters. The molecule has 0 saturated heterocycles. The van der Waals surface area contributed by atoms with Crippen LogP contribution < -0.4 is 10.6 Å². The van der Waals surface area contributed by atoms with Gasteiger partial charge in [-0.25, -0.2) is 0 Å². The van der Waals surface area contributed by atoms with Crippen LogP contribution in [0.25, 0.3) is 11.3 Å². The first-order valence-electron chi connectivity index (χ1n) is 13.6. The Bertz CT molecular complexity index is 1050. The molecule has 1 aromatic carbocycles. The average molecular weight is 571 g/mol. The van der Waals surface area contributed by atoms with Gasteiger partial charge in [-0.1, -0.05) is 79.4 Å². The molecule has 40 heavy (non-hydrogen) atoms. The van der Waals surface area contributed by atoms with Crippen LogP contribution in [0.3, 0.4) is 0 Å². The maximum absolute atomic E-state index is 12.8. The first kappa shape index (κ1) is 36.9. The summed E-state index contributed by atoms with van der Waals surface area (Å²) < 4.78 is 43.6. The summed E-state index contributed by atoms with van der Waals surface area (Å²) in [4.78, 5) is 34.9. The van der Waals surface area contributed by atoms with Gasteiger partial charge in [-0.15, -0.1) is 0 Å². The molecule has 3 N–H and O–H groups in total. The van der Waals surface area contributed by atoms with E-state index in [0.29, 0.717) is 5.41 Å². The number of furan rings is 1. The normalized spacial score (nSPS) is 11.8. The lowest BCUT2D eigenvalue weighted by Crippen LogP contribution is -2.46. The van der Waals surface area contributed by atoms with Gasteiger partial charge in [-0.05, 0) is 43.0 Å². The third kappa shape index (κ3) is 14.3. The van der Waals surface area contributed by atoms with E-state index >= 15 is 0 Å². The Morgan fingerprint density at radius 2 is 1.65 bits per heavy atom. The number of benzene rings is 1. The number of carbonyl (C=O) groups excluding carboxylic acids is 3. The van der Waals surface area contributed by atoms with Crippen LogP contribution in [0.5, 0.6) is 0 Å². The maximum atomic E-state index is 12.8. The Balaban J connectivity index is 0.00000106. The number of aliphatic hydroxyl groups is 1. The summed E-state index contributed by atoms with van der Waals surface area (Å²) in [5.41, 5.74) is -0.123. The van der Waals surface area contributed by atoms with Gasteiger partial charge in [-0.2, -0.15) is 13.2 Å². The highest BCUT2D eigenvalue weighted by molar-refractivity contribution is 5.95. The van der Waals surface area contributed by atoms with Crippen molar-refractivity contribution in [3.8, 4) is 11.3 Å². The van der Waals surface area contributed by atoms with Gasteiger partial charge in [0.15, 0.2) is 11.5 Å². The molecule has 1 heterocycles. The predicted octanol–water partition coefficient (Wildman–Crippen LogP) is 6.79. The molecule has 0 aliphatic heterocycles. The molecule has 0 fully saturated rings. The van der Waals surface area contributed by atoms with Crippen LogP contribution in [0.15, 0.2) is 40.8 Å². The number of nitrogens with one attached hydrogen (secondary N) is 2. The molecule has 1 atom stereocenters. The van der Waals surface area contributed by atoms with E-state index in [9.17, 15) is 27.6 Å². The number of alkyl halides is 3. The van der Waals surface area contributed by atoms with Crippen molar-refractivity contribution in [2.45, 2.75) is 92.8 Å². The standard InChI is InChI=1S/C18H17F3N2O5.C9H20.C3H8/c1-10(25)13(9-24)23-16(26)8-22-17(27)15-6-5-14(28-15)11-3-2-4-12(7-11)18(19,20)21;1-5-7-8-9(3,4)6-2;1-3-2/h2-7,13,24H,8-9H2,1H3,(H,22,27)(H,23,26);5-8H2,1-4H3;3H2,1-2H3/t13-;;/m0../s1. The largest absolute Gasteiger partial charge is 0.451 e. The van der Waals surface area contributed by atoms with Crippen LogP contribution in [0.2, 0.25) is 0 Å². The minimum absolute atomic E-state index is 0.0534. The molecule has 7 nitrogen and oxygen atoms in total. The van der Waals surface area contributed by atoms with E-state index in [0.717, 1.165) is 12.1 Å². The Morgan fingerprint density at radius 3 is 2.15 bits per heavy atom. The number of halogens is 3. The zero-order valence-corrected chi connectivity index (χ0v) is 24.7. The smallest absolute Gasteiger partial charge is 0.416 e. The molecule has 2 amide bonds. The summed E-state index contributed by atoms with van der Waals surface area (Å²) in [6.07, 6.45) is 2.17. The van der Waals surface area contributed by atoms with Crippen LogP contribution in [-0.4, -0.2) is 41.9 Å². The quantitative estimate of drug-likeness (QED) is 0.276. The van der Waals surface area contributed by atoms with Crippen LogP contribution >= 0.6 is 0 Å². The zero-order chi connectivity index (χ0) is 30.9. The van der Waals surface area contributed by atoms with E-state index in [-0.39, 0.29) is 17.1 Å². The highest BCUT2D eigenvalue weighted by atomic mass is 19.4. The Hall–Kier alpha value is -3.14. The summed E-state index contributed by atoms with van der Waals surface area (Å²) in [6.45, 7) is 13.6. The summed E-state index contributed by atoms with van der Waals surface area (Å²) in [5, 5.41) is 13.5. The Kier molecular flexibility index (Phi) is 16.8. The minimum Gasteiger partial charge on any atom is -0.451 e. The fraction of sp³-hybridized carbons (Fsp3) is 0.567. The number of carbonyl (C=O) groups is 3. The molecule has 10 heteroatoms. The molecule has 0 aliphatic carbocycles. The third-order valence-corrected chi connectivity index (χ3v) is 5.89. The fourth-order valence-electron chi connectivity index (χ4n) is 3.06. The van der Waals surface area contributed by atoms with E-state index in [2.05, 4.69) is 52.2 Å². The van der Waals surface area contributed by atoms with E-state index in [1.54, 1.807) is 0 Å². The van der Waals surface area contributed by atoms with Gasteiger partial charge in [0.1, 0.15) is 11.8 Å². The van der Waals surface area contributed by atoms with Gasteiger partial charge >= 0.3 is 6.18 Å². The lowest BCUT2D eigenvalue weighted by atomic mass is 9.85. The van der Waals surface area contributed by atoms with Gasteiger partial charge in [0.25, 0.3) is 5.91 Å². The van der Waals surface area contributed by atoms with Crippen molar-refractivity contribution in [2.75, 3.05) is 13.2 Å². The summed E-state index contributed by atoms with van der Waals surface area (Å²) in [6, 6.07) is 5.96. The summed E-state index contributed by atoms with van der Waals surface area (Å²) in [7, 11) is 0. The predicted molar refractivity (Wildman–Crippen MR) is 151 cm³/mol. The lowest BCUT2D eigenvalue weighted by molar-refractivity contribution is -0.137. The SMILES string of the molecule is CC(=O)[C@H](CO)NC(=O)CNC(=O)c1ccc(-c2cccc(C(F)(F)F)c2)o1.CCC.CCCCC(C)(C)CC. The molecular weight excluding hydrogens is 525 g/mol. The zero-order valence-electron chi connectivity index (χ0n) is 24.7. The van der Waals surface area contributed by atoms with E-state index in [1.807, 2.05) is 0 Å². The number of Topliss-reactive ketones (excluding diaryl/α,β-unsaturated/α-hetero) is 1. The second-order valence-corrected chi connectivity index (χ2v) is 10.2. The molecule has 226 valence electrons. The van der Waals surface area contributed by atoms with Crippen molar-refractivity contribution in [1.82, 2.24) is 10.6 Å². The lowest BCUT2D eigenvalue weighted by Gasteiger charge is -2.21. The monoisotopic (exact) mass is 570 g/mol. The Labute approximate surface area is 235 Å². The van der Waals surface area contributed by atoms with Crippen LogP contribution in [0.4, 0.5) is 13.2 Å². The summed E-state index contributed by atoms with van der Waals surface area (Å²) >= 11 is 0. The van der Waals surface area contributed by atoms with Crippen molar-refractivity contribution in [1.29, 1.82) is 0 Å². The van der Waals surface area contributed by atoms with Crippen LogP contribution in [0.1, 0.15) is 96.7 Å². The minimum atomic E-state index is -4.51. The third-order valence-electron chi connectivity index (χ3n) is 5.89. The van der Waals surface area contributed by atoms with Gasteiger partial charge in [0.2, 0.25) is 5.91 Å². The molecule has 0 bridgehead atoms. The van der Waals surface area contributed by atoms with Crippen molar-refractivity contribution < 1.29 is 37.1 Å². The number of amides is 2. The van der Waals surface area contributed by atoms with E-state index < -0.39 is 48.5 Å². The van der Waals surface area contributed by atoms with Gasteiger partial charge in [0, 0.05) is 5.56 Å². The van der Waals surface area contributed by atoms with Crippen molar-refractivity contribution >= 4 is 17.6 Å². The maximum Gasteiger partial charge on any atom is 0.416 e. The second-order valence-electron chi connectivity index (χ2n) is 10.2. The van der Waals surface area contributed by atoms with Crippen molar-refractivity contribution in [2.24, 2.45) is 5.41 Å². The van der Waals surface area contributed by atoms with Gasteiger partial charge in [0.05, 0.1) is 18.7 Å². The highest BCUT2D eigenvalue weighted by Crippen LogP contribution is 2.32. The van der Waals surface area contributed by atoms with Gasteiger partial charge in [-0.3, -0.25) is 14.4 Å². The number of unbranched alkanes of at least 4 members (excludes halogenated alkanes) is 1. The summed E-state index contributed by atoms with van der Waals surface area (Å²) in [5.74, 6) is -2.06. The number of rotatable bonds is 11. The molecule has 0 spiro atoms. The molecular formula is C30H45F3N2O5. The topological polar surface area (TPSA) is 109 Å². The molecule has 2 rings (SSSR count). The molecule has 2 aromatic rings. The molecule has 0 saturated carbocycles. The fourth-order valence-corrected chi connectivity index (χ4v) is 3.06. The number of ketones is 1. The number of aliphatic hydroxyl groups excluding tert-OH is 1. The molecule has 0 aliphatic rings. The van der Waals surface area contributed by atoms with E-state index in [4.69, 9.17) is 9.52 Å². The van der Waals surface area contributed by atoms with Crippen molar-refractivity contribution in [3.63, 3.8) is 0 Å². The average Bonchev–Trinajstić information content (AvgIpc) is 3.40. The van der Waals surface area contributed by atoms with Crippen molar-refractivity contribution in [3.05, 3.63) is 47.7 Å². The van der Waals surface area contributed by atoms with Crippen LogP contribution in [0, 0.1) is 5.41 Å². The first-order valence-corrected chi connectivity index (χ1v) is 13.6. The van der Waals surface area contributed by atoms with Gasteiger partial charge < -0.3 is 20.2 Å². The van der Waals surface area contributed by atoms with Crippen LogP contribution in [-0.2, 0) is 15.8 Å². The second kappa shape index (κ2) is 18.3. The highest BCUT2D eigenvalue weighted by Gasteiger charge is 2.30. The first-order chi connectivity index (χ1) is 18.6. The van der Waals surface area contributed by atoms with E-state index in [1.165, 1.54) is 63.3 Å². The Morgan fingerprint density at radius 1 is 1.02 bits per heavy atom. The molecule has 1 aromatic heterocycles. The molecule has 0 radical (unpaired) electrons. The number of hydrogen-bond donors (Lipinski definition) is 3. The number of hydrogen-bond acceptors (Lipinski definition) is 5.